The first-order valence-corrected chi connectivity index (χ1v) is 6.52. The van der Waals surface area contributed by atoms with E-state index >= 15 is 0 Å². The molecule has 3 nitrogen and oxygen atoms in total. The zero-order valence-corrected chi connectivity index (χ0v) is 11.2. The van der Waals surface area contributed by atoms with E-state index in [1.807, 2.05) is 18.5 Å². The zero-order chi connectivity index (χ0) is 13.0. The van der Waals surface area contributed by atoms with Crippen molar-refractivity contribution in [3.05, 3.63) is 47.3 Å². The predicted molar refractivity (Wildman–Crippen MR) is 75.5 cm³/mol. The average Bonchev–Trinajstić information content (AvgIpc) is 2.64. The third-order valence-corrected chi connectivity index (χ3v) is 3.37. The van der Waals surface area contributed by atoms with Crippen molar-refractivity contribution in [3.8, 4) is 0 Å². The second-order valence-electron chi connectivity index (χ2n) is 4.75. The summed E-state index contributed by atoms with van der Waals surface area (Å²) in [5.41, 5.74) is 10.2. The molecule has 0 radical (unpaired) electrons. The Morgan fingerprint density at radius 1 is 1.11 bits per heavy atom. The summed E-state index contributed by atoms with van der Waals surface area (Å²) < 4.78 is 2.02. The highest BCUT2D eigenvalue weighted by molar-refractivity contribution is 5.46. The van der Waals surface area contributed by atoms with Gasteiger partial charge < -0.3 is 5.73 Å². The molecule has 0 amide bonds. The fourth-order valence-corrected chi connectivity index (χ4v) is 2.16. The van der Waals surface area contributed by atoms with Crippen LogP contribution in [0.2, 0.25) is 0 Å². The molecular weight excluding hydrogens is 222 g/mol. The highest BCUT2D eigenvalue weighted by atomic mass is 15.3. The fraction of sp³-hybridized carbons (Fsp3) is 0.400. The molecule has 0 aliphatic carbocycles. The van der Waals surface area contributed by atoms with Crippen LogP contribution < -0.4 is 5.73 Å². The second-order valence-corrected chi connectivity index (χ2v) is 4.75. The molecule has 96 valence electrons. The van der Waals surface area contributed by atoms with E-state index in [4.69, 9.17) is 5.73 Å². The van der Waals surface area contributed by atoms with Crippen LogP contribution >= 0.6 is 0 Å². The molecule has 2 aromatic rings. The van der Waals surface area contributed by atoms with Crippen molar-refractivity contribution < 1.29 is 0 Å². The summed E-state index contributed by atoms with van der Waals surface area (Å²) >= 11 is 0. The Kier molecular flexibility index (Phi) is 4.03. The highest BCUT2D eigenvalue weighted by Gasteiger charge is 2.06. The standard InChI is InChI=1S/C15H21N3/c1-12-15(16)13(2)18(17-12)11-7-6-10-14-8-4-3-5-9-14/h3-5,8-9H,6-7,10-11,16H2,1-2H3. The lowest BCUT2D eigenvalue weighted by molar-refractivity contribution is 0.544. The lowest BCUT2D eigenvalue weighted by Crippen LogP contribution is -2.03. The number of benzene rings is 1. The second kappa shape index (κ2) is 5.71. The summed E-state index contributed by atoms with van der Waals surface area (Å²) in [5.74, 6) is 0. The van der Waals surface area contributed by atoms with Gasteiger partial charge in [0.2, 0.25) is 0 Å². The molecule has 0 bridgehead atoms. The maximum Gasteiger partial charge on any atom is 0.0825 e. The van der Waals surface area contributed by atoms with Crippen molar-refractivity contribution in [1.82, 2.24) is 9.78 Å². The quantitative estimate of drug-likeness (QED) is 0.820. The third-order valence-electron chi connectivity index (χ3n) is 3.37. The van der Waals surface area contributed by atoms with Crippen LogP contribution in [0.5, 0.6) is 0 Å². The number of aryl methyl sites for hydroxylation is 3. The minimum atomic E-state index is 0.832. The van der Waals surface area contributed by atoms with Crippen LogP contribution in [0.25, 0.3) is 0 Å². The summed E-state index contributed by atoms with van der Waals surface area (Å²) in [6, 6.07) is 10.6. The fourth-order valence-electron chi connectivity index (χ4n) is 2.16. The molecule has 0 aliphatic rings. The lowest BCUT2D eigenvalue weighted by atomic mass is 10.1. The van der Waals surface area contributed by atoms with Gasteiger partial charge >= 0.3 is 0 Å². The Morgan fingerprint density at radius 2 is 1.83 bits per heavy atom. The molecule has 18 heavy (non-hydrogen) atoms. The van der Waals surface area contributed by atoms with Gasteiger partial charge in [-0.2, -0.15) is 5.10 Å². The van der Waals surface area contributed by atoms with Crippen LogP contribution in [0.3, 0.4) is 0 Å². The summed E-state index contributed by atoms with van der Waals surface area (Å²) in [7, 11) is 0. The van der Waals surface area contributed by atoms with Gasteiger partial charge in [0.05, 0.1) is 17.1 Å². The molecule has 0 saturated heterocycles. The predicted octanol–water partition coefficient (Wildman–Crippen LogP) is 3.11. The van der Waals surface area contributed by atoms with E-state index in [1.54, 1.807) is 0 Å². The van der Waals surface area contributed by atoms with Crippen molar-refractivity contribution in [2.24, 2.45) is 0 Å². The van der Waals surface area contributed by atoms with Crippen molar-refractivity contribution >= 4 is 5.69 Å². The van der Waals surface area contributed by atoms with E-state index in [2.05, 4.69) is 35.4 Å². The normalized spacial score (nSPS) is 10.8. The van der Waals surface area contributed by atoms with Gasteiger partial charge in [0.25, 0.3) is 0 Å². The van der Waals surface area contributed by atoms with E-state index in [1.165, 1.54) is 12.0 Å². The van der Waals surface area contributed by atoms with E-state index < -0.39 is 0 Å². The lowest BCUT2D eigenvalue weighted by Gasteiger charge is -2.04. The van der Waals surface area contributed by atoms with E-state index in [9.17, 15) is 0 Å². The molecule has 3 heteroatoms. The van der Waals surface area contributed by atoms with Gasteiger partial charge in [-0.25, -0.2) is 0 Å². The van der Waals surface area contributed by atoms with Gasteiger partial charge in [-0.05, 0) is 38.7 Å². The van der Waals surface area contributed by atoms with E-state index in [-0.39, 0.29) is 0 Å². The van der Waals surface area contributed by atoms with E-state index in [0.717, 1.165) is 36.5 Å². The molecule has 0 spiro atoms. The maximum atomic E-state index is 5.91. The molecule has 0 atom stereocenters. The van der Waals surface area contributed by atoms with E-state index in [0.29, 0.717) is 0 Å². The summed E-state index contributed by atoms with van der Waals surface area (Å²) in [6.45, 7) is 4.95. The SMILES string of the molecule is Cc1nn(CCCCc2ccccc2)c(C)c1N. The number of unbranched alkanes of at least 4 members (excludes halogenated alkanes) is 1. The molecular formula is C15H21N3. The summed E-state index contributed by atoms with van der Waals surface area (Å²) in [5, 5.41) is 4.45. The Labute approximate surface area is 109 Å². The Hall–Kier alpha value is -1.77. The smallest absolute Gasteiger partial charge is 0.0825 e. The largest absolute Gasteiger partial charge is 0.396 e. The van der Waals surface area contributed by atoms with Gasteiger partial charge in [-0.15, -0.1) is 0 Å². The summed E-state index contributed by atoms with van der Waals surface area (Å²) in [4.78, 5) is 0. The van der Waals surface area contributed by atoms with Crippen LogP contribution in [0, 0.1) is 13.8 Å². The number of hydrogen-bond donors (Lipinski definition) is 1. The monoisotopic (exact) mass is 243 g/mol. The first-order chi connectivity index (χ1) is 8.68. The van der Waals surface area contributed by atoms with Gasteiger partial charge in [0.1, 0.15) is 0 Å². The molecule has 0 fully saturated rings. The number of nitrogens with zero attached hydrogens (tertiary/aromatic N) is 2. The van der Waals surface area contributed by atoms with Gasteiger partial charge in [-0.1, -0.05) is 30.3 Å². The highest BCUT2D eigenvalue weighted by Crippen LogP contribution is 2.15. The Bertz CT molecular complexity index is 500. The van der Waals surface area contributed by atoms with Crippen LogP contribution in [-0.4, -0.2) is 9.78 Å². The molecule has 0 aliphatic heterocycles. The Balaban J connectivity index is 1.80. The maximum absolute atomic E-state index is 5.91. The molecule has 1 aromatic carbocycles. The molecule has 1 aromatic heterocycles. The van der Waals surface area contributed by atoms with Gasteiger partial charge in [0, 0.05) is 6.54 Å². The van der Waals surface area contributed by atoms with Crippen LogP contribution in [0.1, 0.15) is 29.8 Å². The van der Waals surface area contributed by atoms with Crippen LogP contribution in [0.15, 0.2) is 30.3 Å². The van der Waals surface area contributed by atoms with Crippen LogP contribution in [0.4, 0.5) is 5.69 Å². The molecule has 0 saturated carbocycles. The van der Waals surface area contributed by atoms with Gasteiger partial charge in [0.15, 0.2) is 0 Å². The van der Waals surface area contributed by atoms with Crippen molar-refractivity contribution in [2.75, 3.05) is 5.73 Å². The molecule has 2 N–H and O–H groups in total. The molecule has 1 heterocycles. The molecule has 2 rings (SSSR count). The first kappa shape index (κ1) is 12.7. The minimum absolute atomic E-state index is 0.832. The number of nitrogen functional groups attached to an aromatic ring is 1. The average molecular weight is 243 g/mol. The number of aromatic nitrogens is 2. The minimum Gasteiger partial charge on any atom is -0.396 e. The number of rotatable bonds is 5. The Morgan fingerprint density at radius 3 is 2.44 bits per heavy atom. The zero-order valence-electron chi connectivity index (χ0n) is 11.2. The van der Waals surface area contributed by atoms with Crippen LogP contribution in [-0.2, 0) is 13.0 Å². The number of anilines is 1. The number of nitrogens with two attached hydrogens (primary N) is 1. The van der Waals surface area contributed by atoms with Gasteiger partial charge in [-0.3, -0.25) is 4.68 Å². The molecule has 0 unspecified atom stereocenters. The topological polar surface area (TPSA) is 43.8 Å². The van der Waals surface area contributed by atoms with Crippen molar-refractivity contribution in [3.63, 3.8) is 0 Å². The van der Waals surface area contributed by atoms with Crippen molar-refractivity contribution in [1.29, 1.82) is 0 Å². The van der Waals surface area contributed by atoms with Crippen molar-refractivity contribution in [2.45, 2.75) is 39.7 Å². The summed E-state index contributed by atoms with van der Waals surface area (Å²) in [6.07, 6.45) is 3.45. The third kappa shape index (κ3) is 2.92. The number of hydrogen-bond acceptors (Lipinski definition) is 2. The first-order valence-electron chi connectivity index (χ1n) is 6.52.